The molecule has 0 aliphatic heterocycles. The molecule has 3 aromatic rings. The maximum absolute atomic E-state index is 12.7. The maximum Gasteiger partial charge on any atom is 0.252 e. The van der Waals surface area contributed by atoms with Crippen LogP contribution in [-0.2, 0) is 6.54 Å². The van der Waals surface area contributed by atoms with Crippen LogP contribution in [0.3, 0.4) is 0 Å². The van der Waals surface area contributed by atoms with Gasteiger partial charge in [-0.2, -0.15) is 5.10 Å². The standard InChI is InChI=1S/C21H23N3O/c1-14-11-15(2)17(4)20(16(14)3)21(25)22-13-18-7-5-8-19(12-18)24-10-6-9-23-24/h5-12H,13H2,1-4H3,(H,22,25). The second-order valence-corrected chi connectivity index (χ2v) is 6.44. The van der Waals surface area contributed by atoms with E-state index >= 15 is 0 Å². The van der Waals surface area contributed by atoms with Crippen molar-refractivity contribution >= 4 is 5.91 Å². The molecular formula is C21H23N3O. The lowest BCUT2D eigenvalue weighted by Gasteiger charge is -2.15. The fourth-order valence-electron chi connectivity index (χ4n) is 3.06. The zero-order valence-corrected chi connectivity index (χ0v) is 15.1. The molecule has 0 radical (unpaired) electrons. The third kappa shape index (κ3) is 3.48. The molecular weight excluding hydrogens is 310 g/mol. The summed E-state index contributed by atoms with van der Waals surface area (Å²) in [7, 11) is 0. The summed E-state index contributed by atoms with van der Waals surface area (Å²) < 4.78 is 1.81. The van der Waals surface area contributed by atoms with Crippen LogP contribution in [0.25, 0.3) is 5.69 Å². The van der Waals surface area contributed by atoms with Crippen molar-refractivity contribution in [3.8, 4) is 5.69 Å². The van der Waals surface area contributed by atoms with Crippen molar-refractivity contribution in [3.63, 3.8) is 0 Å². The number of carbonyl (C=O) groups excluding carboxylic acids is 1. The van der Waals surface area contributed by atoms with E-state index in [0.717, 1.165) is 39.1 Å². The quantitative estimate of drug-likeness (QED) is 0.783. The first-order chi connectivity index (χ1) is 12.0. The van der Waals surface area contributed by atoms with Crippen LogP contribution in [0, 0.1) is 27.7 Å². The lowest BCUT2D eigenvalue weighted by Crippen LogP contribution is -2.25. The fourth-order valence-corrected chi connectivity index (χ4v) is 3.06. The number of aromatic nitrogens is 2. The van der Waals surface area contributed by atoms with Crippen molar-refractivity contribution in [3.05, 3.63) is 82.2 Å². The van der Waals surface area contributed by atoms with Crippen LogP contribution in [0.1, 0.15) is 38.2 Å². The summed E-state index contributed by atoms with van der Waals surface area (Å²) in [5.41, 5.74) is 7.21. The number of nitrogens with one attached hydrogen (secondary N) is 1. The summed E-state index contributed by atoms with van der Waals surface area (Å²) in [5, 5.41) is 7.30. The summed E-state index contributed by atoms with van der Waals surface area (Å²) in [5.74, 6) is -0.0220. The van der Waals surface area contributed by atoms with Gasteiger partial charge in [-0.1, -0.05) is 18.2 Å². The molecule has 0 aliphatic carbocycles. The molecule has 2 aromatic carbocycles. The topological polar surface area (TPSA) is 46.9 Å². The van der Waals surface area contributed by atoms with Crippen molar-refractivity contribution < 1.29 is 4.79 Å². The summed E-state index contributed by atoms with van der Waals surface area (Å²) >= 11 is 0. The first-order valence-electron chi connectivity index (χ1n) is 8.42. The monoisotopic (exact) mass is 333 g/mol. The normalized spacial score (nSPS) is 10.7. The highest BCUT2D eigenvalue weighted by atomic mass is 16.1. The van der Waals surface area contributed by atoms with Gasteiger partial charge in [-0.05, 0) is 73.7 Å². The number of nitrogens with zero attached hydrogens (tertiary/aromatic N) is 2. The molecule has 1 amide bonds. The van der Waals surface area contributed by atoms with Gasteiger partial charge in [-0.3, -0.25) is 4.79 Å². The van der Waals surface area contributed by atoms with E-state index in [4.69, 9.17) is 0 Å². The third-order valence-corrected chi connectivity index (χ3v) is 4.73. The molecule has 0 fully saturated rings. The van der Waals surface area contributed by atoms with E-state index in [9.17, 15) is 4.79 Å². The van der Waals surface area contributed by atoms with Crippen LogP contribution in [0.2, 0.25) is 0 Å². The van der Waals surface area contributed by atoms with Crippen molar-refractivity contribution in [2.24, 2.45) is 0 Å². The summed E-state index contributed by atoms with van der Waals surface area (Å²) in [6, 6.07) is 12.0. The first-order valence-corrected chi connectivity index (χ1v) is 8.42. The molecule has 0 atom stereocenters. The largest absolute Gasteiger partial charge is 0.348 e. The lowest BCUT2D eigenvalue weighted by molar-refractivity contribution is 0.0949. The maximum atomic E-state index is 12.7. The number of hydrogen-bond acceptors (Lipinski definition) is 2. The van der Waals surface area contributed by atoms with Crippen LogP contribution in [0.4, 0.5) is 0 Å². The molecule has 1 aromatic heterocycles. The average molecular weight is 333 g/mol. The van der Waals surface area contributed by atoms with Crippen molar-refractivity contribution in [2.45, 2.75) is 34.2 Å². The number of benzene rings is 2. The van der Waals surface area contributed by atoms with E-state index in [2.05, 4.69) is 16.5 Å². The highest BCUT2D eigenvalue weighted by Gasteiger charge is 2.15. The van der Waals surface area contributed by atoms with E-state index in [0.29, 0.717) is 6.54 Å². The molecule has 0 saturated heterocycles. The molecule has 3 rings (SSSR count). The Morgan fingerprint density at radius 3 is 2.40 bits per heavy atom. The van der Waals surface area contributed by atoms with Crippen LogP contribution in [0.15, 0.2) is 48.8 Å². The van der Waals surface area contributed by atoms with Gasteiger partial charge in [-0.25, -0.2) is 4.68 Å². The Kier molecular flexibility index (Phi) is 4.70. The molecule has 0 aliphatic rings. The summed E-state index contributed by atoms with van der Waals surface area (Å²) in [6.07, 6.45) is 3.65. The number of hydrogen-bond donors (Lipinski definition) is 1. The van der Waals surface area contributed by atoms with Crippen LogP contribution >= 0.6 is 0 Å². The van der Waals surface area contributed by atoms with Crippen LogP contribution in [-0.4, -0.2) is 15.7 Å². The van der Waals surface area contributed by atoms with Gasteiger partial charge in [0.15, 0.2) is 0 Å². The van der Waals surface area contributed by atoms with E-state index in [1.54, 1.807) is 6.20 Å². The molecule has 25 heavy (non-hydrogen) atoms. The Morgan fingerprint density at radius 2 is 1.76 bits per heavy atom. The minimum Gasteiger partial charge on any atom is -0.348 e. The number of aryl methyl sites for hydroxylation is 2. The van der Waals surface area contributed by atoms with Crippen LogP contribution in [0.5, 0.6) is 0 Å². The zero-order valence-electron chi connectivity index (χ0n) is 15.1. The number of carbonyl (C=O) groups is 1. The minimum atomic E-state index is -0.0220. The molecule has 4 heteroatoms. The third-order valence-electron chi connectivity index (χ3n) is 4.73. The SMILES string of the molecule is Cc1cc(C)c(C)c(C(=O)NCc2cccc(-n3cccn3)c2)c1C. The molecule has 0 bridgehead atoms. The predicted octanol–water partition coefficient (Wildman–Crippen LogP) is 4.04. The molecule has 4 nitrogen and oxygen atoms in total. The van der Waals surface area contributed by atoms with Gasteiger partial charge in [0, 0.05) is 24.5 Å². The lowest BCUT2D eigenvalue weighted by atomic mass is 9.93. The predicted molar refractivity (Wildman–Crippen MR) is 100 cm³/mol. The second-order valence-electron chi connectivity index (χ2n) is 6.44. The van der Waals surface area contributed by atoms with Gasteiger partial charge < -0.3 is 5.32 Å². The van der Waals surface area contributed by atoms with Gasteiger partial charge in [-0.15, -0.1) is 0 Å². The van der Waals surface area contributed by atoms with Crippen LogP contribution < -0.4 is 5.32 Å². The Hall–Kier alpha value is -2.88. The summed E-state index contributed by atoms with van der Waals surface area (Å²) in [6.45, 7) is 8.60. The van der Waals surface area contributed by atoms with Crippen molar-refractivity contribution in [2.75, 3.05) is 0 Å². The fraction of sp³-hybridized carbons (Fsp3) is 0.238. The van der Waals surface area contributed by atoms with Gasteiger partial charge in [0.2, 0.25) is 0 Å². The Labute approximate surface area is 148 Å². The molecule has 0 unspecified atom stereocenters. The first kappa shape index (κ1) is 17.0. The molecule has 0 saturated carbocycles. The average Bonchev–Trinajstić information content (AvgIpc) is 3.13. The molecule has 0 spiro atoms. The molecule has 128 valence electrons. The van der Waals surface area contributed by atoms with Gasteiger partial charge in [0.1, 0.15) is 0 Å². The van der Waals surface area contributed by atoms with E-state index < -0.39 is 0 Å². The van der Waals surface area contributed by atoms with Crippen molar-refractivity contribution in [1.29, 1.82) is 0 Å². The summed E-state index contributed by atoms with van der Waals surface area (Å²) in [4.78, 5) is 12.7. The Morgan fingerprint density at radius 1 is 1.04 bits per heavy atom. The van der Waals surface area contributed by atoms with Crippen molar-refractivity contribution in [1.82, 2.24) is 15.1 Å². The van der Waals surface area contributed by atoms with E-state index in [1.165, 1.54) is 0 Å². The van der Waals surface area contributed by atoms with Gasteiger partial charge >= 0.3 is 0 Å². The van der Waals surface area contributed by atoms with E-state index in [-0.39, 0.29) is 5.91 Å². The number of amides is 1. The number of rotatable bonds is 4. The Balaban J connectivity index is 1.79. The van der Waals surface area contributed by atoms with Gasteiger partial charge in [0.25, 0.3) is 5.91 Å². The Bertz CT molecular complexity index is 885. The highest BCUT2D eigenvalue weighted by molar-refractivity contribution is 5.97. The van der Waals surface area contributed by atoms with Gasteiger partial charge in [0.05, 0.1) is 5.69 Å². The second kappa shape index (κ2) is 6.93. The molecule has 1 N–H and O–H groups in total. The van der Waals surface area contributed by atoms with E-state index in [1.807, 2.05) is 68.9 Å². The minimum absolute atomic E-state index is 0.0220. The molecule has 1 heterocycles. The highest BCUT2D eigenvalue weighted by Crippen LogP contribution is 2.21. The smallest absolute Gasteiger partial charge is 0.252 e. The zero-order chi connectivity index (χ0) is 18.0.